The molecular weight excluding hydrogens is 216 g/mol. The summed E-state index contributed by atoms with van der Waals surface area (Å²) >= 11 is 0.835. The number of nitrogens with zero attached hydrogens (tertiary/aromatic N) is 2. The minimum atomic E-state index is -0.415. The smallest absolute Gasteiger partial charge is 0.290 e. The number of anilines is 1. The van der Waals surface area contributed by atoms with Gasteiger partial charge in [-0.05, 0) is 23.9 Å². The fourth-order valence-corrected chi connectivity index (χ4v) is 1.69. The van der Waals surface area contributed by atoms with E-state index in [1.807, 2.05) is 0 Å². The van der Waals surface area contributed by atoms with Crippen molar-refractivity contribution in [3.05, 3.63) is 22.9 Å². The lowest BCUT2D eigenvalue weighted by Crippen LogP contribution is -2.17. The maximum absolute atomic E-state index is 11.2. The van der Waals surface area contributed by atoms with Crippen LogP contribution in [0.4, 0.5) is 10.7 Å². The highest BCUT2D eigenvalue weighted by atomic mass is 32.2. The van der Waals surface area contributed by atoms with Crippen LogP contribution in [-0.4, -0.2) is 21.1 Å². The predicted octanol–water partition coefficient (Wildman–Crippen LogP) is 0.383. The van der Waals surface area contributed by atoms with Gasteiger partial charge in [0.25, 0.3) is 11.1 Å². The van der Waals surface area contributed by atoms with Crippen LogP contribution in [0.3, 0.4) is 0 Å². The molecule has 0 aliphatic carbocycles. The number of thioether (sulfide) groups is 1. The first kappa shape index (κ1) is 9.66. The molecular formula is C8H6N4O2S. The maximum atomic E-state index is 11.2. The second kappa shape index (κ2) is 3.70. The Bertz CT molecular complexity index is 471. The summed E-state index contributed by atoms with van der Waals surface area (Å²) in [5.74, 6) is -0.290. The summed E-state index contributed by atoms with van der Waals surface area (Å²) < 4.78 is 0. The molecule has 3 N–H and O–H groups in total. The molecule has 7 heteroatoms. The summed E-state index contributed by atoms with van der Waals surface area (Å²) in [6, 6.07) is 1.60. The SMILES string of the molecule is Nc1nccc(C=C2SC(=O)NC2=O)n1. The van der Waals surface area contributed by atoms with Crippen LogP contribution in [0.15, 0.2) is 17.2 Å². The number of carbonyl (C=O) groups is 2. The van der Waals surface area contributed by atoms with E-state index in [0.717, 1.165) is 11.8 Å². The highest BCUT2D eigenvalue weighted by molar-refractivity contribution is 8.18. The second-order valence-corrected chi connectivity index (χ2v) is 3.71. The molecule has 1 fully saturated rings. The van der Waals surface area contributed by atoms with Gasteiger partial charge in [0.1, 0.15) is 0 Å². The molecule has 15 heavy (non-hydrogen) atoms. The van der Waals surface area contributed by atoms with Crippen molar-refractivity contribution in [1.29, 1.82) is 0 Å². The lowest BCUT2D eigenvalue weighted by atomic mass is 10.3. The lowest BCUT2D eigenvalue weighted by molar-refractivity contribution is -0.115. The molecule has 0 unspecified atom stereocenters. The number of hydrogen-bond donors (Lipinski definition) is 2. The van der Waals surface area contributed by atoms with Gasteiger partial charge in [0.05, 0.1) is 10.6 Å². The average Bonchev–Trinajstić information content (AvgIpc) is 2.45. The van der Waals surface area contributed by atoms with Crippen molar-refractivity contribution in [1.82, 2.24) is 15.3 Å². The van der Waals surface area contributed by atoms with Crippen molar-refractivity contribution < 1.29 is 9.59 Å². The van der Waals surface area contributed by atoms with E-state index in [2.05, 4.69) is 15.3 Å². The van der Waals surface area contributed by atoms with Crippen LogP contribution in [0.5, 0.6) is 0 Å². The van der Waals surface area contributed by atoms with Crippen LogP contribution in [0.25, 0.3) is 6.08 Å². The molecule has 1 aliphatic heterocycles. The Morgan fingerprint density at radius 1 is 1.47 bits per heavy atom. The molecule has 0 bridgehead atoms. The lowest BCUT2D eigenvalue weighted by Gasteiger charge is -1.94. The molecule has 1 saturated heterocycles. The number of rotatable bonds is 1. The quantitative estimate of drug-likeness (QED) is 0.667. The molecule has 0 aromatic carbocycles. The van der Waals surface area contributed by atoms with E-state index in [9.17, 15) is 9.59 Å². The molecule has 0 radical (unpaired) electrons. The molecule has 0 atom stereocenters. The number of imide groups is 1. The number of nitrogen functional groups attached to an aromatic ring is 1. The first-order valence-electron chi connectivity index (χ1n) is 3.98. The van der Waals surface area contributed by atoms with Crippen molar-refractivity contribution in [2.45, 2.75) is 0 Å². The van der Waals surface area contributed by atoms with E-state index >= 15 is 0 Å². The summed E-state index contributed by atoms with van der Waals surface area (Å²) in [4.78, 5) is 29.9. The third kappa shape index (κ3) is 2.13. The van der Waals surface area contributed by atoms with Gasteiger partial charge in [0.15, 0.2) is 0 Å². The molecule has 1 aromatic rings. The fraction of sp³-hybridized carbons (Fsp3) is 0. The van der Waals surface area contributed by atoms with Crippen LogP contribution in [0.1, 0.15) is 5.69 Å². The van der Waals surface area contributed by atoms with E-state index in [-0.39, 0.29) is 11.2 Å². The molecule has 2 heterocycles. The molecule has 2 rings (SSSR count). The Hall–Kier alpha value is -1.89. The van der Waals surface area contributed by atoms with Crippen molar-refractivity contribution in [2.24, 2.45) is 0 Å². The topological polar surface area (TPSA) is 98.0 Å². The maximum Gasteiger partial charge on any atom is 0.290 e. The summed E-state index contributed by atoms with van der Waals surface area (Å²) in [6.07, 6.45) is 2.97. The summed E-state index contributed by atoms with van der Waals surface area (Å²) in [5.41, 5.74) is 5.86. The van der Waals surface area contributed by atoms with Crippen molar-refractivity contribution in [3.63, 3.8) is 0 Å². The summed E-state index contributed by atoms with van der Waals surface area (Å²) in [5, 5.41) is 1.76. The fourth-order valence-electron chi connectivity index (χ4n) is 1.02. The molecule has 0 saturated carbocycles. The predicted molar refractivity (Wildman–Crippen MR) is 55.6 cm³/mol. The minimum Gasteiger partial charge on any atom is -0.368 e. The summed E-state index contributed by atoms with van der Waals surface area (Å²) in [6.45, 7) is 0. The number of amides is 2. The standard InChI is InChI=1S/C8H6N4O2S/c9-7-10-2-1-4(11-7)3-5-6(13)12-8(14)15-5/h1-3H,(H2,9,10,11)(H,12,13,14). The Morgan fingerprint density at radius 2 is 2.27 bits per heavy atom. The van der Waals surface area contributed by atoms with Crippen molar-refractivity contribution in [2.75, 3.05) is 5.73 Å². The zero-order valence-corrected chi connectivity index (χ0v) is 8.25. The van der Waals surface area contributed by atoms with Crippen LogP contribution < -0.4 is 11.1 Å². The molecule has 1 aromatic heterocycles. The van der Waals surface area contributed by atoms with Crippen LogP contribution in [0, 0.1) is 0 Å². The zero-order valence-electron chi connectivity index (χ0n) is 7.43. The van der Waals surface area contributed by atoms with Gasteiger partial charge in [-0.25, -0.2) is 9.97 Å². The van der Waals surface area contributed by atoms with Crippen LogP contribution in [0.2, 0.25) is 0 Å². The Morgan fingerprint density at radius 3 is 2.87 bits per heavy atom. The first-order valence-corrected chi connectivity index (χ1v) is 4.80. The van der Waals surface area contributed by atoms with Gasteiger partial charge in [-0.1, -0.05) is 0 Å². The van der Waals surface area contributed by atoms with Gasteiger partial charge in [-0.3, -0.25) is 14.9 Å². The molecule has 6 nitrogen and oxygen atoms in total. The van der Waals surface area contributed by atoms with Gasteiger partial charge in [0.2, 0.25) is 5.95 Å². The third-order valence-electron chi connectivity index (χ3n) is 1.62. The van der Waals surface area contributed by atoms with E-state index in [1.165, 1.54) is 12.3 Å². The van der Waals surface area contributed by atoms with Crippen molar-refractivity contribution in [3.8, 4) is 0 Å². The van der Waals surface area contributed by atoms with Crippen LogP contribution >= 0.6 is 11.8 Å². The number of carbonyl (C=O) groups excluding carboxylic acids is 2. The highest BCUT2D eigenvalue weighted by Crippen LogP contribution is 2.24. The Labute approximate surface area is 89.0 Å². The van der Waals surface area contributed by atoms with Crippen LogP contribution in [-0.2, 0) is 4.79 Å². The Balaban J connectivity index is 2.31. The third-order valence-corrected chi connectivity index (χ3v) is 2.43. The van der Waals surface area contributed by atoms with Crippen molar-refractivity contribution >= 4 is 34.9 Å². The van der Waals surface area contributed by atoms with E-state index in [0.29, 0.717) is 10.6 Å². The largest absolute Gasteiger partial charge is 0.368 e. The summed E-state index contributed by atoms with van der Waals surface area (Å²) in [7, 11) is 0. The zero-order chi connectivity index (χ0) is 10.8. The molecule has 2 amide bonds. The minimum absolute atomic E-state index is 0.124. The number of hydrogen-bond acceptors (Lipinski definition) is 6. The first-order chi connectivity index (χ1) is 7.15. The van der Waals surface area contributed by atoms with Gasteiger partial charge in [-0.15, -0.1) is 0 Å². The molecule has 1 aliphatic rings. The van der Waals surface area contributed by atoms with Gasteiger partial charge < -0.3 is 5.73 Å². The van der Waals surface area contributed by atoms with E-state index < -0.39 is 5.91 Å². The second-order valence-electron chi connectivity index (χ2n) is 2.69. The highest BCUT2D eigenvalue weighted by Gasteiger charge is 2.25. The van der Waals surface area contributed by atoms with Gasteiger partial charge in [0, 0.05) is 6.20 Å². The number of aromatic nitrogens is 2. The normalized spacial score (nSPS) is 18.3. The van der Waals surface area contributed by atoms with Gasteiger partial charge in [-0.2, -0.15) is 0 Å². The molecule has 76 valence electrons. The number of nitrogens with one attached hydrogen (secondary N) is 1. The average molecular weight is 222 g/mol. The van der Waals surface area contributed by atoms with Gasteiger partial charge >= 0.3 is 0 Å². The van der Waals surface area contributed by atoms with E-state index in [1.54, 1.807) is 6.07 Å². The number of nitrogens with two attached hydrogens (primary N) is 1. The Kier molecular flexibility index (Phi) is 2.38. The molecule has 0 spiro atoms. The monoisotopic (exact) mass is 222 g/mol. The van der Waals surface area contributed by atoms with E-state index in [4.69, 9.17) is 5.73 Å².